The number of unbranched alkanes of at least 4 members (excludes halogenated alkanes) is 4. The monoisotopic (exact) mass is 240 g/mol. The molecule has 1 rings (SSSR count). The zero-order chi connectivity index (χ0) is 12.7. The van der Waals surface area contributed by atoms with E-state index in [1.165, 1.54) is 25.7 Å². The number of carbonyl (C=O) groups excluding carboxylic acids is 1. The molecule has 2 unspecified atom stereocenters. The maximum absolute atomic E-state index is 12.1. The van der Waals surface area contributed by atoms with E-state index in [0.717, 1.165) is 25.9 Å². The highest BCUT2D eigenvalue weighted by atomic mass is 16.2. The van der Waals surface area contributed by atoms with Gasteiger partial charge in [0.25, 0.3) is 0 Å². The molecule has 0 radical (unpaired) electrons. The first-order valence-electron chi connectivity index (χ1n) is 7.18. The summed E-state index contributed by atoms with van der Waals surface area (Å²) in [5.41, 5.74) is 0. The average Bonchev–Trinajstić information content (AvgIpc) is 2.32. The molecule has 1 N–H and O–H groups in total. The van der Waals surface area contributed by atoms with Crippen LogP contribution in [0.2, 0.25) is 0 Å². The number of nitrogens with one attached hydrogen (secondary N) is 1. The van der Waals surface area contributed by atoms with Crippen molar-refractivity contribution in [3.63, 3.8) is 0 Å². The molecule has 3 heteroatoms. The van der Waals surface area contributed by atoms with E-state index in [0.29, 0.717) is 18.0 Å². The van der Waals surface area contributed by atoms with Gasteiger partial charge in [0.15, 0.2) is 0 Å². The summed E-state index contributed by atoms with van der Waals surface area (Å²) >= 11 is 0. The van der Waals surface area contributed by atoms with Gasteiger partial charge in [-0.1, -0.05) is 32.6 Å². The third kappa shape index (κ3) is 5.07. The zero-order valence-corrected chi connectivity index (χ0v) is 11.7. The van der Waals surface area contributed by atoms with Gasteiger partial charge in [0.1, 0.15) is 0 Å². The molecule has 0 spiro atoms. The minimum absolute atomic E-state index is 0.349. The van der Waals surface area contributed by atoms with Crippen molar-refractivity contribution < 1.29 is 4.79 Å². The van der Waals surface area contributed by atoms with E-state index in [-0.39, 0.29) is 0 Å². The lowest BCUT2D eigenvalue weighted by Crippen LogP contribution is -2.56. The van der Waals surface area contributed by atoms with Crippen molar-refractivity contribution >= 4 is 5.91 Å². The smallest absolute Gasteiger partial charge is 0.222 e. The predicted octanol–water partition coefficient (Wildman–Crippen LogP) is 2.56. The van der Waals surface area contributed by atoms with Crippen LogP contribution in [0.15, 0.2) is 0 Å². The van der Waals surface area contributed by atoms with Crippen molar-refractivity contribution in [1.82, 2.24) is 10.2 Å². The SMILES string of the molecule is CCCCCCCC(=O)N1CC(C)NCC1C. The number of amides is 1. The first-order valence-corrected chi connectivity index (χ1v) is 7.18. The Labute approximate surface area is 106 Å². The third-order valence-corrected chi connectivity index (χ3v) is 3.58. The third-order valence-electron chi connectivity index (χ3n) is 3.58. The molecule has 17 heavy (non-hydrogen) atoms. The molecule has 1 aliphatic heterocycles. The summed E-state index contributed by atoms with van der Waals surface area (Å²) in [6.45, 7) is 8.30. The van der Waals surface area contributed by atoms with E-state index in [9.17, 15) is 4.79 Å². The van der Waals surface area contributed by atoms with E-state index in [4.69, 9.17) is 0 Å². The Kier molecular flexibility index (Phi) is 6.56. The van der Waals surface area contributed by atoms with Gasteiger partial charge in [0, 0.05) is 31.6 Å². The van der Waals surface area contributed by atoms with Crippen molar-refractivity contribution in [3.05, 3.63) is 0 Å². The number of hydrogen-bond donors (Lipinski definition) is 1. The summed E-state index contributed by atoms with van der Waals surface area (Å²) < 4.78 is 0. The standard InChI is InChI=1S/C14H28N2O/c1-4-5-6-7-8-9-14(17)16-11-12(2)15-10-13(16)3/h12-13,15H,4-11H2,1-3H3. The highest BCUT2D eigenvalue weighted by molar-refractivity contribution is 5.76. The van der Waals surface area contributed by atoms with Gasteiger partial charge in [-0.3, -0.25) is 4.79 Å². The summed E-state index contributed by atoms with van der Waals surface area (Å²) in [4.78, 5) is 14.1. The Bertz CT molecular complexity index is 230. The maximum Gasteiger partial charge on any atom is 0.222 e. The summed E-state index contributed by atoms with van der Waals surface area (Å²) in [7, 11) is 0. The molecule has 0 saturated carbocycles. The number of rotatable bonds is 6. The van der Waals surface area contributed by atoms with E-state index in [1.54, 1.807) is 0 Å². The topological polar surface area (TPSA) is 32.3 Å². The Morgan fingerprint density at radius 1 is 1.24 bits per heavy atom. The molecule has 1 amide bonds. The summed E-state index contributed by atoms with van der Waals surface area (Å²) in [5, 5.41) is 3.41. The van der Waals surface area contributed by atoms with Crippen molar-refractivity contribution in [2.75, 3.05) is 13.1 Å². The largest absolute Gasteiger partial charge is 0.337 e. The van der Waals surface area contributed by atoms with Gasteiger partial charge in [-0.25, -0.2) is 0 Å². The van der Waals surface area contributed by atoms with Gasteiger partial charge >= 0.3 is 0 Å². The second-order valence-electron chi connectivity index (χ2n) is 5.37. The van der Waals surface area contributed by atoms with Crippen molar-refractivity contribution in [2.24, 2.45) is 0 Å². The first-order chi connectivity index (χ1) is 8.15. The fraction of sp³-hybridized carbons (Fsp3) is 0.929. The Morgan fingerprint density at radius 2 is 1.94 bits per heavy atom. The van der Waals surface area contributed by atoms with Crippen LogP contribution in [0.4, 0.5) is 0 Å². The molecule has 1 aliphatic rings. The van der Waals surface area contributed by atoms with Gasteiger partial charge in [-0.15, -0.1) is 0 Å². The number of hydrogen-bond acceptors (Lipinski definition) is 2. The van der Waals surface area contributed by atoms with Crippen molar-refractivity contribution in [2.45, 2.75) is 71.4 Å². The molecule has 0 aromatic heterocycles. The van der Waals surface area contributed by atoms with Crippen LogP contribution in [0.5, 0.6) is 0 Å². The Hall–Kier alpha value is -0.570. The molecular weight excluding hydrogens is 212 g/mol. The normalized spacial score (nSPS) is 25.0. The second-order valence-corrected chi connectivity index (χ2v) is 5.37. The number of piperazine rings is 1. The Balaban J connectivity index is 2.21. The van der Waals surface area contributed by atoms with Crippen LogP contribution in [0, 0.1) is 0 Å². The van der Waals surface area contributed by atoms with Crippen LogP contribution in [0.3, 0.4) is 0 Å². The molecule has 100 valence electrons. The average molecular weight is 240 g/mol. The molecule has 3 nitrogen and oxygen atoms in total. The molecule has 0 aliphatic carbocycles. The van der Waals surface area contributed by atoms with Gasteiger partial charge in [-0.05, 0) is 20.3 Å². The number of nitrogens with zero attached hydrogens (tertiary/aromatic N) is 1. The van der Waals surface area contributed by atoms with Crippen LogP contribution >= 0.6 is 0 Å². The lowest BCUT2D eigenvalue weighted by Gasteiger charge is -2.37. The molecule has 1 saturated heterocycles. The zero-order valence-electron chi connectivity index (χ0n) is 11.7. The lowest BCUT2D eigenvalue weighted by molar-refractivity contribution is -0.134. The fourth-order valence-electron chi connectivity index (χ4n) is 2.39. The molecule has 0 aromatic carbocycles. The molecular formula is C14H28N2O. The molecule has 1 fully saturated rings. The van der Waals surface area contributed by atoms with Crippen molar-refractivity contribution in [1.29, 1.82) is 0 Å². The number of carbonyl (C=O) groups is 1. The van der Waals surface area contributed by atoms with Crippen LogP contribution in [0.25, 0.3) is 0 Å². The lowest BCUT2D eigenvalue weighted by atomic mass is 10.1. The predicted molar refractivity (Wildman–Crippen MR) is 72.0 cm³/mol. The van der Waals surface area contributed by atoms with Gasteiger partial charge in [-0.2, -0.15) is 0 Å². The fourth-order valence-corrected chi connectivity index (χ4v) is 2.39. The second kappa shape index (κ2) is 7.70. The highest BCUT2D eigenvalue weighted by Gasteiger charge is 2.25. The maximum atomic E-state index is 12.1. The minimum Gasteiger partial charge on any atom is -0.337 e. The highest BCUT2D eigenvalue weighted by Crippen LogP contribution is 2.12. The molecule has 1 heterocycles. The van der Waals surface area contributed by atoms with Crippen LogP contribution < -0.4 is 5.32 Å². The van der Waals surface area contributed by atoms with Gasteiger partial charge < -0.3 is 10.2 Å². The van der Waals surface area contributed by atoms with Gasteiger partial charge in [0.05, 0.1) is 0 Å². The Morgan fingerprint density at radius 3 is 2.65 bits per heavy atom. The molecule has 0 aromatic rings. The first kappa shape index (κ1) is 14.5. The van der Waals surface area contributed by atoms with E-state index in [1.807, 2.05) is 0 Å². The quantitative estimate of drug-likeness (QED) is 0.724. The van der Waals surface area contributed by atoms with Crippen LogP contribution in [0.1, 0.15) is 59.3 Å². The van der Waals surface area contributed by atoms with Gasteiger partial charge in [0.2, 0.25) is 5.91 Å². The summed E-state index contributed by atoms with van der Waals surface area (Å²) in [6.07, 6.45) is 6.84. The van der Waals surface area contributed by atoms with Crippen LogP contribution in [-0.2, 0) is 4.79 Å². The summed E-state index contributed by atoms with van der Waals surface area (Å²) in [5.74, 6) is 0.349. The van der Waals surface area contributed by atoms with Crippen LogP contribution in [-0.4, -0.2) is 36.0 Å². The molecule has 0 bridgehead atoms. The summed E-state index contributed by atoms with van der Waals surface area (Å²) in [6, 6.07) is 0.796. The molecule has 2 atom stereocenters. The van der Waals surface area contributed by atoms with Crippen molar-refractivity contribution in [3.8, 4) is 0 Å². The van der Waals surface area contributed by atoms with E-state index >= 15 is 0 Å². The van der Waals surface area contributed by atoms with E-state index < -0.39 is 0 Å². The minimum atomic E-state index is 0.349. The van der Waals surface area contributed by atoms with E-state index in [2.05, 4.69) is 31.0 Å².